The molecule has 0 radical (unpaired) electrons. The lowest BCUT2D eigenvalue weighted by Gasteiger charge is -2.72. The van der Waals surface area contributed by atoms with Crippen molar-refractivity contribution >= 4 is 29.9 Å². The Morgan fingerprint density at radius 3 is 2.11 bits per heavy atom. The number of benzene rings is 1. The zero-order valence-corrected chi connectivity index (χ0v) is 40.0. The molecule has 8 rings (SSSR count). The summed E-state index contributed by atoms with van der Waals surface area (Å²) in [4.78, 5) is 68.4. The minimum absolute atomic E-state index is 0.0138. The number of nitrogens with one attached hydrogen (secondary N) is 1. The maximum atomic E-state index is 14.8. The van der Waals surface area contributed by atoms with Crippen LogP contribution in [0, 0.1) is 62.1 Å². The number of allylic oxidation sites excluding steroid dienone is 1. The molecule has 0 heterocycles. The van der Waals surface area contributed by atoms with E-state index in [1.54, 1.807) is 0 Å². The van der Waals surface area contributed by atoms with Gasteiger partial charge in [0.2, 0.25) is 5.91 Å². The van der Waals surface area contributed by atoms with E-state index < -0.39 is 21.8 Å². The highest BCUT2D eigenvalue weighted by molar-refractivity contribution is 6.03. The second-order valence-electron chi connectivity index (χ2n) is 24.5. The topological polar surface area (TPSA) is 116 Å². The van der Waals surface area contributed by atoms with Crippen LogP contribution < -0.4 is 5.32 Å². The molecular weight excluding hydrogens is 775 g/mol. The summed E-state index contributed by atoms with van der Waals surface area (Å²) < 4.78 is 11.8. The van der Waals surface area contributed by atoms with Crippen molar-refractivity contribution in [1.29, 1.82) is 0 Å². The number of hydrogen-bond acceptors (Lipinski definition) is 7. The average molecular weight is 852 g/mol. The summed E-state index contributed by atoms with van der Waals surface area (Å²) in [5.41, 5.74) is 0.342. The number of carbonyl (C=O) groups is 5. The summed E-state index contributed by atoms with van der Waals surface area (Å²) in [5, 5.41) is 3.61. The number of ketones is 2. The van der Waals surface area contributed by atoms with Gasteiger partial charge < -0.3 is 14.8 Å². The van der Waals surface area contributed by atoms with Gasteiger partial charge in [0.05, 0.1) is 22.3 Å². The van der Waals surface area contributed by atoms with Gasteiger partial charge in [0, 0.05) is 23.7 Å². The molecule has 1 aromatic carbocycles. The van der Waals surface area contributed by atoms with Crippen LogP contribution in [0.1, 0.15) is 178 Å². The van der Waals surface area contributed by atoms with Crippen molar-refractivity contribution in [2.45, 2.75) is 196 Å². The zero-order valence-electron chi connectivity index (χ0n) is 40.0. The van der Waals surface area contributed by atoms with Gasteiger partial charge >= 0.3 is 5.97 Å². The second kappa shape index (κ2) is 15.1. The Balaban J connectivity index is 1.03. The van der Waals surface area contributed by atoms with Crippen LogP contribution in [-0.4, -0.2) is 47.7 Å². The predicted molar refractivity (Wildman–Crippen MR) is 241 cm³/mol. The van der Waals surface area contributed by atoms with Crippen LogP contribution >= 0.6 is 0 Å². The Morgan fingerprint density at radius 2 is 1.48 bits per heavy atom. The van der Waals surface area contributed by atoms with Crippen LogP contribution in [0.4, 0.5) is 0 Å². The number of esters is 1. The first kappa shape index (κ1) is 45.3. The second-order valence-corrected chi connectivity index (χ2v) is 24.5. The van der Waals surface area contributed by atoms with Gasteiger partial charge in [-0.15, -0.1) is 0 Å². The van der Waals surface area contributed by atoms with Gasteiger partial charge in [0.1, 0.15) is 18.0 Å². The first-order chi connectivity index (χ1) is 28.9. The Bertz CT molecular complexity index is 2020. The van der Waals surface area contributed by atoms with Crippen molar-refractivity contribution in [2.75, 3.05) is 0 Å². The van der Waals surface area contributed by atoms with Crippen molar-refractivity contribution in [3.63, 3.8) is 0 Å². The summed E-state index contributed by atoms with van der Waals surface area (Å²) >= 11 is 0. The number of rotatable bonds is 11. The van der Waals surface area contributed by atoms with Crippen LogP contribution in [0.5, 0.6) is 0 Å². The maximum Gasteiger partial charge on any atom is 0.310 e. The van der Waals surface area contributed by atoms with E-state index in [0.717, 1.165) is 88.2 Å². The van der Waals surface area contributed by atoms with Crippen molar-refractivity contribution in [3.8, 4) is 0 Å². The number of hydrogen-bond donors (Lipinski definition) is 1. The molecule has 0 saturated heterocycles. The van der Waals surface area contributed by atoms with E-state index >= 15 is 0 Å². The molecule has 6 saturated carbocycles. The molecule has 1 aromatic rings. The Labute approximate surface area is 372 Å². The number of fused-ring (bicyclic) bond motifs is 7. The third-order valence-corrected chi connectivity index (χ3v) is 20.2. The van der Waals surface area contributed by atoms with Gasteiger partial charge in [-0.1, -0.05) is 119 Å². The Hall–Kier alpha value is -3.29. The highest BCUT2D eigenvalue weighted by Gasteiger charge is 2.71. The molecule has 8 nitrogen and oxygen atoms in total. The van der Waals surface area contributed by atoms with E-state index in [-0.39, 0.29) is 81.5 Å². The standard InChI is InChI=1S/C54H77NO7/c1-33(2)43-37(57)30-54(55-46(60)47(3,4)31-40(58)53(23-15-16-24-53)34-17-13-12-14-18-34)28-27-51(10)35(44(43)54)19-20-39-50(9)25-22-41(49(7,8)38(50)21-26-52(39,51)11)62-45(59)36-29-42(61-32-56)48(36,5)6/h12-14,17-18,32-33,35-36,38-39,41-42H,15-16,19-31H2,1-11H3,(H,55,60)/t35-,36-,38+,39-,41+,42-,50+,51-,52-,54-/m1/s1. The molecule has 8 heteroatoms. The molecule has 0 unspecified atom stereocenters. The molecule has 1 N–H and O–H groups in total. The number of amides is 1. The average Bonchev–Trinajstić information content (AvgIpc) is 3.82. The number of carbonyl (C=O) groups excluding carboxylic acids is 5. The molecule has 0 aromatic heterocycles. The third kappa shape index (κ3) is 6.49. The Kier molecular flexibility index (Phi) is 11.1. The lowest BCUT2D eigenvalue weighted by atomic mass is 9.33. The molecular formula is C54H77NO7. The summed E-state index contributed by atoms with van der Waals surface area (Å²) in [7, 11) is 0. The summed E-state index contributed by atoms with van der Waals surface area (Å²) in [5.74, 6) is 0.855. The van der Waals surface area contributed by atoms with E-state index in [1.165, 1.54) is 5.57 Å². The van der Waals surface area contributed by atoms with E-state index in [0.29, 0.717) is 31.1 Å². The highest BCUT2D eigenvalue weighted by atomic mass is 16.6. The fourth-order valence-corrected chi connectivity index (χ4v) is 16.2. The number of Topliss-reactive ketones (excluding diaryl/α,β-unsaturated/α-hetero) is 2. The van der Waals surface area contributed by atoms with Crippen molar-refractivity contribution in [2.24, 2.45) is 62.1 Å². The molecule has 0 bridgehead atoms. The zero-order chi connectivity index (χ0) is 45.1. The first-order valence-electron chi connectivity index (χ1n) is 24.4. The monoisotopic (exact) mass is 852 g/mol. The first-order valence-corrected chi connectivity index (χ1v) is 24.4. The summed E-state index contributed by atoms with van der Waals surface area (Å²) in [6.07, 6.45) is 11.9. The Morgan fingerprint density at radius 1 is 0.806 bits per heavy atom. The van der Waals surface area contributed by atoms with E-state index in [4.69, 9.17) is 9.47 Å². The normalized spacial score (nSPS) is 39.1. The quantitative estimate of drug-likeness (QED) is 0.174. The van der Waals surface area contributed by atoms with Gasteiger partial charge in [-0.3, -0.25) is 24.0 Å². The van der Waals surface area contributed by atoms with Crippen LogP contribution in [-0.2, 0) is 38.9 Å². The molecule has 7 aliphatic rings. The van der Waals surface area contributed by atoms with Gasteiger partial charge in [-0.25, -0.2) is 0 Å². The molecule has 340 valence electrons. The van der Waals surface area contributed by atoms with Gasteiger partial charge in [0.15, 0.2) is 5.78 Å². The lowest BCUT2D eigenvalue weighted by molar-refractivity contribution is -0.236. The molecule has 7 aliphatic carbocycles. The minimum Gasteiger partial charge on any atom is -0.464 e. The van der Waals surface area contributed by atoms with E-state index in [9.17, 15) is 24.0 Å². The van der Waals surface area contributed by atoms with E-state index in [1.807, 2.05) is 45.9 Å². The van der Waals surface area contributed by atoms with Crippen LogP contribution in [0.3, 0.4) is 0 Å². The van der Waals surface area contributed by atoms with Crippen molar-refractivity contribution in [3.05, 3.63) is 47.0 Å². The van der Waals surface area contributed by atoms with Crippen LogP contribution in [0.25, 0.3) is 0 Å². The summed E-state index contributed by atoms with van der Waals surface area (Å²) in [6.45, 7) is 24.9. The molecule has 6 fully saturated rings. The minimum atomic E-state index is -0.941. The molecule has 10 atom stereocenters. The van der Waals surface area contributed by atoms with Gasteiger partial charge in [-0.05, 0) is 127 Å². The maximum absolute atomic E-state index is 14.8. The van der Waals surface area contributed by atoms with Crippen molar-refractivity contribution < 1.29 is 33.4 Å². The molecule has 0 spiro atoms. The largest absolute Gasteiger partial charge is 0.464 e. The summed E-state index contributed by atoms with van der Waals surface area (Å²) in [6, 6.07) is 10.2. The SMILES string of the molecule is CC(C)C1=C2[C@H]3CC[C@@H]4[C@@]5(C)CC[C@H](OC(=O)[C@H]6C[C@@H](OC=O)C6(C)C)C(C)(C)[C@@H]5CC[C@@]4(C)[C@]3(C)CC[C@@]2(NC(=O)C(C)(C)CC(=O)C2(c3ccccc3)CCCC2)CC1=O. The van der Waals surface area contributed by atoms with Gasteiger partial charge in [-0.2, -0.15) is 0 Å². The van der Waals surface area contributed by atoms with Crippen LogP contribution in [0.15, 0.2) is 41.5 Å². The number of ether oxygens (including phenoxy) is 2. The van der Waals surface area contributed by atoms with Crippen molar-refractivity contribution in [1.82, 2.24) is 5.32 Å². The molecule has 62 heavy (non-hydrogen) atoms. The molecule has 0 aliphatic heterocycles. The van der Waals surface area contributed by atoms with Crippen LogP contribution in [0.2, 0.25) is 0 Å². The third-order valence-electron chi connectivity index (χ3n) is 20.2. The van der Waals surface area contributed by atoms with Gasteiger partial charge in [0.25, 0.3) is 6.47 Å². The smallest absolute Gasteiger partial charge is 0.310 e. The fourth-order valence-electron chi connectivity index (χ4n) is 16.2. The van der Waals surface area contributed by atoms with E-state index in [2.05, 4.69) is 65.9 Å². The highest BCUT2D eigenvalue weighted by Crippen LogP contribution is 2.76. The predicted octanol–water partition coefficient (Wildman–Crippen LogP) is 10.8. The fraction of sp³-hybridized carbons (Fsp3) is 0.759. The molecule has 1 amide bonds. The lowest BCUT2D eigenvalue weighted by Crippen LogP contribution is -2.67.